The largest absolute Gasteiger partial charge is 0.399 e. The smallest absolute Gasteiger partial charge is 0.326 e. The van der Waals surface area contributed by atoms with Crippen molar-refractivity contribution in [2.45, 2.75) is 59.3 Å². The summed E-state index contributed by atoms with van der Waals surface area (Å²) in [7, 11) is 0. The number of urea groups is 1. The Hall–Kier alpha value is -4.13. The van der Waals surface area contributed by atoms with Gasteiger partial charge in [-0.25, -0.2) is 9.78 Å². The van der Waals surface area contributed by atoms with Crippen LogP contribution in [0, 0.1) is 0 Å². The van der Waals surface area contributed by atoms with E-state index in [1.807, 2.05) is 36.4 Å². The number of carbonyl (C=O) groups is 1. The number of amides is 2. The molecule has 2 heterocycles. The van der Waals surface area contributed by atoms with Crippen LogP contribution in [0.4, 0.5) is 21.9 Å². The van der Waals surface area contributed by atoms with E-state index in [2.05, 4.69) is 62.0 Å². The summed E-state index contributed by atoms with van der Waals surface area (Å²) in [6, 6.07) is 17.2. The number of pyridine rings is 2. The zero-order valence-electron chi connectivity index (χ0n) is 22.8. The topological polar surface area (TPSA) is 104 Å². The first-order valence-electron chi connectivity index (χ1n) is 13.3. The molecule has 0 radical (unpaired) electrons. The Morgan fingerprint density at radius 1 is 1.00 bits per heavy atom. The standard InChI is InChI=1S/C31H37N5O2/c1-6-7-14-36(27-18-22-11-9-13-33-29(22)35-30(27)37)31(38)34-28-25(19(2)3)16-23(17-26(28)20(4)5)21-10-8-12-24(32)15-21/h8-13,15-20H,6-7,14,32H2,1-5H3,(H,34,38)(H,33,35,37). The predicted octanol–water partition coefficient (Wildman–Crippen LogP) is 7.26. The first-order valence-corrected chi connectivity index (χ1v) is 13.3. The minimum absolute atomic E-state index is 0.156. The lowest BCUT2D eigenvalue weighted by atomic mass is 9.88. The number of hydrogen-bond acceptors (Lipinski definition) is 4. The molecular formula is C31H37N5O2. The van der Waals surface area contributed by atoms with Crippen LogP contribution in [0.25, 0.3) is 22.2 Å². The van der Waals surface area contributed by atoms with Gasteiger partial charge in [-0.2, -0.15) is 0 Å². The maximum Gasteiger partial charge on any atom is 0.326 e. The molecule has 0 aliphatic carbocycles. The average molecular weight is 512 g/mol. The summed E-state index contributed by atoms with van der Waals surface area (Å²) in [5, 5.41) is 3.98. The molecule has 38 heavy (non-hydrogen) atoms. The van der Waals surface area contributed by atoms with Crippen LogP contribution in [0.3, 0.4) is 0 Å². The number of anilines is 3. The van der Waals surface area contributed by atoms with Crippen LogP contribution in [0.5, 0.6) is 0 Å². The van der Waals surface area contributed by atoms with E-state index in [1.165, 1.54) is 0 Å². The van der Waals surface area contributed by atoms with Gasteiger partial charge in [-0.1, -0.05) is 53.2 Å². The summed E-state index contributed by atoms with van der Waals surface area (Å²) < 4.78 is 0. The third-order valence-corrected chi connectivity index (χ3v) is 6.76. The second-order valence-corrected chi connectivity index (χ2v) is 10.3. The lowest BCUT2D eigenvalue weighted by Gasteiger charge is -2.27. The molecule has 0 aliphatic rings. The predicted molar refractivity (Wildman–Crippen MR) is 158 cm³/mol. The second kappa shape index (κ2) is 11.5. The summed E-state index contributed by atoms with van der Waals surface area (Å²) >= 11 is 0. The van der Waals surface area contributed by atoms with Crippen molar-refractivity contribution >= 4 is 34.1 Å². The van der Waals surface area contributed by atoms with Crippen molar-refractivity contribution in [1.82, 2.24) is 9.97 Å². The van der Waals surface area contributed by atoms with Crippen molar-refractivity contribution in [3.8, 4) is 11.1 Å². The minimum Gasteiger partial charge on any atom is -0.399 e. The fourth-order valence-electron chi connectivity index (χ4n) is 4.67. The van der Waals surface area contributed by atoms with E-state index in [-0.39, 0.29) is 23.4 Å². The normalized spacial score (nSPS) is 11.3. The fourth-order valence-corrected chi connectivity index (χ4v) is 4.67. The number of aromatic amines is 1. The first kappa shape index (κ1) is 26.9. The van der Waals surface area contributed by atoms with Crippen LogP contribution >= 0.6 is 0 Å². The summed E-state index contributed by atoms with van der Waals surface area (Å²) in [5.41, 5.74) is 12.2. The van der Waals surface area contributed by atoms with Crippen LogP contribution in [0.15, 0.2) is 65.6 Å². The quantitative estimate of drug-likeness (QED) is 0.217. The maximum absolute atomic E-state index is 13.9. The van der Waals surface area contributed by atoms with Gasteiger partial charge in [0.2, 0.25) is 0 Å². The number of nitrogens with one attached hydrogen (secondary N) is 2. The molecule has 0 bridgehead atoms. The van der Waals surface area contributed by atoms with E-state index in [4.69, 9.17) is 5.73 Å². The van der Waals surface area contributed by atoms with E-state index >= 15 is 0 Å². The molecule has 0 saturated carbocycles. The van der Waals surface area contributed by atoms with Crippen LogP contribution < -0.4 is 21.5 Å². The fraction of sp³-hybridized carbons (Fsp3) is 0.323. The van der Waals surface area contributed by atoms with E-state index in [9.17, 15) is 9.59 Å². The highest BCUT2D eigenvalue weighted by Crippen LogP contribution is 2.38. The zero-order valence-corrected chi connectivity index (χ0v) is 22.8. The Balaban J connectivity index is 1.80. The summed E-state index contributed by atoms with van der Waals surface area (Å²) in [6.07, 6.45) is 3.29. The number of rotatable bonds is 8. The Labute approximate surface area is 224 Å². The van der Waals surface area contributed by atoms with E-state index < -0.39 is 0 Å². The van der Waals surface area contributed by atoms with Crippen molar-refractivity contribution in [3.05, 3.63) is 82.3 Å². The van der Waals surface area contributed by atoms with E-state index in [0.717, 1.165) is 46.2 Å². The molecule has 4 aromatic rings. The summed E-state index contributed by atoms with van der Waals surface area (Å²) in [6.45, 7) is 11.0. The van der Waals surface area contributed by atoms with Crippen molar-refractivity contribution in [2.24, 2.45) is 0 Å². The molecule has 0 atom stereocenters. The number of nitrogens with zero attached hydrogens (tertiary/aromatic N) is 2. The van der Waals surface area contributed by atoms with Gasteiger partial charge < -0.3 is 16.0 Å². The molecule has 4 N–H and O–H groups in total. The van der Waals surface area contributed by atoms with Crippen LogP contribution in [0.1, 0.15) is 70.4 Å². The van der Waals surface area contributed by atoms with Gasteiger partial charge in [0.05, 0.1) is 0 Å². The van der Waals surface area contributed by atoms with E-state index in [1.54, 1.807) is 17.2 Å². The molecule has 2 amide bonds. The molecule has 7 heteroatoms. The highest BCUT2D eigenvalue weighted by atomic mass is 16.2. The maximum atomic E-state index is 13.9. The van der Waals surface area contributed by atoms with Gasteiger partial charge in [0.15, 0.2) is 0 Å². The number of carbonyl (C=O) groups excluding carboxylic acids is 1. The van der Waals surface area contributed by atoms with Crippen molar-refractivity contribution in [3.63, 3.8) is 0 Å². The third-order valence-electron chi connectivity index (χ3n) is 6.76. The van der Waals surface area contributed by atoms with Gasteiger partial charge >= 0.3 is 6.03 Å². The van der Waals surface area contributed by atoms with Gasteiger partial charge in [0.25, 0.3) is 5.56 Å². The molecule has 0 unspecified atom stereocenters. The number of benzene rings is 2. The van der Waals surface area contributed by atoms with Crippen molar-refractivity contribution < 1.29 is 4.79 Å². The second-order valence-electron chi connectivity index (χ2n) is 10.3. The lowest BCUT2D eigenvalue weighted by Crippen LogP contribution is -2.39. The van der Waals surface area contributed by atoms with Gasteiger partial charge in [0, 0.05) is 29.5 Å². The lowest BCUT2D eigenvalue weighted by molar-refractivity contribution is 0.256. The van der Waals surface area contributed by atoms with Gasteiger partial charge in [-0.15, -0.1) is 0 Å². The molecule has 0 spiro atoms. The highest BCUT2D eigenvalue weighted by molar-refractivity contribution is 6.03. The number of nitrogen functional groups attached to an aromatic ring is 1. The molecule has 0 saturated heterocycles. The van der Waals surface area contributed by atoms with Gasteiger partial charge in [-0.05, 0) is 83.0 Å². The first-order chi connectivity index (χ1) is 18.2. The zero-order chi connectivity index (χ0) is 27.4. The third kappa shape index (κ3) is 5.72. The number of fused-ring (bicyclic) bond motifs is 1. The molecule has 0 fully saturated rings. The SMILES string of the molecule is CCCCN(C(=O)Nc1c(C(C)C)cc(-c2cccc(N)c2)cc1C(C)C)c1cc2cccnc2[nH]c1=O. The Kier molecular flexibility index (Phi) is 8.15. The van der Waals surface area contributed by atoms with Gasteiger partial charge in [0.1, 0.15) is 11.3 Å². The monoisotopic (exact) mass is 511 g/mol. The average Bonchev–Trinajstić information content (AvgIpc) is 2.88. The number of unbranched alkanes of at least 4 members (excludes halogenated alkanes) is 1. The van der Waals surface area contributed by atoms with E-state index in [0.29, 0.717) is 23.6 Å². The Morgan fingerprint density at radius 2 is 1.71 bits per heavy atom. The number of hydrogen-bond donors (Lipinski definition) is 3. The van der Waals surface area contributed by atoms with Crippen LogP contribution in [-0.2, 0) is 0 Å². The van der Waals surface area contributed by atoms with Crippen LogP contribution in [-0.4, -0.2) is 22.5 Å². The Bertz CT molecular complexity index is 1480. The Morgan fingerprint density at radius 3 is 2.34 bits per heavy atom. The molecule has 2 aromatic carbocycles. The van der Waals surface area contributed by atoms with Crippen molar-refractivity contribution in [1.29, 1.82) is 0 Å². The van der Waals surface area contributed by atoms with Crippen molar-refractivity contribution in [2.75, 3.05) is 22.5 Å². The summed E-state index contributed by atoms with van der Waals surface area (Å²) in [5.74, 6) is 0.311. The van der Waals surface area contributed by atoms with Crippen LogP contribution in [0.2, 0.25) is 0 Å². The molecule has 7 nitrogen and oxygen atoms in total. The number of aromatic nitrogens is 2. The highest BCUT2D eigenvalue weighted by Gasteiger charge is 2.24. The molecule has 4 rings (SSSR count). The molecule has 198 valence electrons. The minimum atomic E-state index is -0.340. The van der Waals surface area contributed by atoms with Gasteiger partial charge in [-0.3, -0.25) is 9.69 Å². The molecular weight excluding hydrogens is 474 g/mol. The number of nitrogens with two attached hydrogens (primary N) is 1. The molecule has 2 aromatic heterocycles. The molecule has 0 aliphatic heterocycles. The number of H-pyrrole nitrogens is 1. The summed E-state index contributed by atoms with van der Waals surface area (Å²) in [4.78, 5) is 35.5.